The largest absolute Gasteiger partial charge is 0.462 e. The first kappa shape index (κ1) is 22.5. The van der Waals surface area contributed by atoms with E-state index in [9.17, 15) is 9.59 Å². The molecule has 4 rings (SSSR count). The molecule has 1 aromatic heterocycles. The summed E-state index contributed by atoms with van der Waals surface area (Å²) in [6.45, 7) is 5.50. The third kappa shape index (κ3) is 5.75. The Morgan fingerprint density at radius 2 is 1.67 bits per heavy atom. The molecule has 33 heavy (non-hydrogen) atoms. The van der Waals surface area contributed by atoms with Crippen molar-refractivity contribution >= 4 is 23.4 Å². The normalized spacial score (nSPS) is 14.0. The van der Waals surface area contributed by atoms with Crippen LogP contribution >= 0.6 is 0 Å². The van der Waals surface area contributed by atoms with E-state index in [1.165, 1.54) is 0 Å². The van der Waals surface area contributed by atoms with Crippen LogP contribution in [0.1, 0.15) is 17.3 Å². The van der Waals surface area contributed by atoms with Gasteiger partial charge < -0.3 is 15.0 Å². The molecular weight excluding hydrogens is 416 g/mol. The van der Waals surface area contributed by atoms with E-state index in [1.807, 2.05) is 60.7 Å². The van der Waals surface area contributed by atoms with E-state index in [0.717, 1.165) is 48.8 Å². The molecular formula is C26H28N4O3. The van der Waals surface area contributed by atoms with Crippen LogP contribution in [0.4, 0.5) is 11.5 Å². The monoisotopic (exact) mass is 444 g/mol. The number of carbonyl (C=O) groups excluding carboxylic acids is 2. The molecule has 1 saturated heterocycles. The van der Waals surface area contributed by atoms with Gasteiger partial charge in [-0.15, -0.1) is 0 Å². The summed E-state index contributed by atoms with van der Waals surface area (Å²) in [5, 5.41) is 3.08. The SMILES string of the molecule is CCOC(=O)c1ccc(N2CCN(CC(=O)Nc3ccccc3-c3ccccc3)CC2)nc1. The van der Waals surface area contributed by atoms with E-state index in [0.29, 0.717) is 18.7 Å². The van der Waals surface area contributed by atoms with Gasteiger partial charge in [0.25, 0.3) is 0 Å². The molecule has 0 bridgehead atoms. The highest BCUT2D eigenvalue weighted by atomic mass is 16.5. The quantitative estimate of drug-likeness (QED) is 0.561. The minimum absolute atomic E-state index is 0.0243. The zero-order chi connectivity index (χ0) is 23.0. The van der Waals surface area contributed by atoms with Crippen molar-refractivity contribution in [3.8, 4) is 11.1 Å². The van der Waals surface area contributed by atoms with Gasteiger partial charge in [0.05, 0.1) is 18.7 Å². The maximum atomic E-state index is 12.7. The van der Waals surface area contributed by atoms with Crippen molar-refractivity contribution in [2.24, 2.45) is 0 Å². The summed E-state index contributed by atoms with van der Waals surface area (Å²) in [7, 11) is 0. The molecule has 2 aromatic carbocycles. The minimum atomic E-state index is -0.360. The van der Waals surface area contributed by atoms with E-state index < -0.39 is 0 Å². The molecule has 3 aromatic rings. The number of nitrogens with zero attached hydrogens (tertiary/aromatic N) is 3. The van der Waals surface area contributed by atoms with Gasteiger partial charge >= 0.3 is 5.97 Å². The van der Waals surface area contributed by atoms with Gasteiger partial charge in [0.2, 0.25) is 5.91 Å². The fraction of sp³-hybridized carbons (Fsp3) is 0.269. The summed E-state index contributed by atoms with van der Waals surface area (Å²) in [5.74, 6) is 0.439. The van der Waals surface area contributed by atoms with Crippen LogP contribution in [0.25, 0.3) is 11.1 Å². The predicted molar refractivity (Wildman–Crippen MR) is 129 cm³/mol. The Morgan fingerprint density at radius 3 is 2.36 bits per heavy atom. The second-order valence-electron chi connectivity index (χ2n) is 7.85. The lowest BCUT2D eigenvalue weighted by molar-refractivity contribution is -0.117. The number of aromatic nitrogens is 1. The molecule has 1 aliphatic rings. The average Bonchev–Trinajstić information content (AvgIpc) is 2.86. The van der Waals surface area contributed by atoms with Gasteiger partial charge in [0, 0.05) is 43.6 Å². The Morgan fingerprint density at radius 1 is 0.939 bits per heavy atom. The van der Waals surface area contributed by atoms with Gasteiger partial charge in [-0.2, -0.15) is 0 Å². The fourth-order valence-electron chi connectivity index (χ4n) is 3.90. The molecule has 0 unspecified atom stereocenters. The predicted octanol–water partition coefficient (Wildman–Crippen LogP) is 3.69. The molecule has 0 spiro atoms. The van der Waals surface area contributed by atoms with Gasteiger partial charge in [-0.1, -0.05) is 48.5 Å². The Hall–Kier alpha value is -3.71. The molecule has 170 valence electrons. The summed E-state index contributed by atoms with van der Waals surface area (Å²) >= 11 is 0. The average molecular weight is 445 g/mol. The number of para-hydroxylation sites is 1. The second kappa shape index (κ2) is 10.7. The number of esters is 1. The first-order valence-electron chi connectivity index (χ1n) is 11.2. The van der Waals surface area contributed by atoms with Gasteiger partial charge in [0.15, 0.2) is 0 Å². The van der Waals surface area contributed by atoms with Crippen LogP contribution in [0.3, 0.4) is 0 Å². The first-order valence-corrected chi connectivity index (χ1v) is 11.2. The number of carbonyl (C=O) groups is 2. The number of nitrogens with one attached hydrogen (secondary N) is 1. The van der Waals surface area contributed by atoms with Gasteiger partial charge in [0.1, 0.15) is 5.82 Å². The lowest BCUT2D eigenvalue weighted by Crippen LogP contribution is -2.49. The number of anilines is 2. The van der Waals surface area contributed by atoms with Crippen molar-refractivity contribution in [2.75, 3.05) is 49.5 Å². The smallest absolute Gasteiger partial charge is 0.339 e. The van der Waals surface area contributed by atoms with E-state index in [1.54, 1.807) is 19.2 Å². The second-order valence-corrected chi connectivity index (χ2v) is 7.85. The molecule has 0 saturated carbocycles. The van der Waals surface area contributed by atoms with Crippen molar-refractivity contribution in [1.82, 2.24) is 9.88 Å². The van der Waals surface area contributed by atoms with Crippen LogP contribution in [0.15, 0.2) is 72.9 Å². The van der Waals surface area contributed by atoms with Crippen molar-refractivity contribution in [3.05, 3.63) is 78.5 Å². The number of rotatable bonds is 7. The van der Waals surface area contributed by atoms with Crippen LogP contribution in [-0.2, 0) is 9.53 Å². The lowest BCUT2D eigenvalue weighted by Gasteiger charge is -2.35. The van der Waals surface area contributed by atoms with Crippen LogP contribution < -0.4 is 10.2 Å². The van der Waals surface area contributed by atoms with Crippen molar-refractivity contribution in [2.45, 2.75) is 6.92 Å². The Balaban J connectivity index is 1.30. The summed E-state index contributed by atoms with van der Waals surface area (Å²) < 4.78 is 5.00. The number of pyridine rings is 1. The molecule has 1 N–H and O–H groups in total. The van der Waals surface area contributed by atoms with Gasteiger partial charge in [-0.3, -0.25) is 9.69 Å². The lowest BCUT2D eigenvalue weighted by atomic mass is 10.0. The zero-order valence-corrected chi connectivity index (χ0v) is 18.7. The van der Waals surface area contributed by atoms with Crippen LogP contribution in [-0.4, -0.2) is 61.1 Å². The van der Waals surface area contributed by atoms with E-state index in [2.05, 4.69) is 20.1 Å². The molecule has 1 amide bonds. The summed E-state index contributed by atoms with van der Waals surface area (Å²) in [6, 6.07) is 21.5. The highest BCUT2D eigenvalue weighted by Crippen LogP contribution is 2.27. The molecule has 1 fully saturated rings. The van der Waals surface area contributed by atoms with Crippen LogP contribution in [0, 0.1) is 0 Å². The maximum Gasteiger partial charge on any atom is 0.339 e. The van der Waals surface area contributed by atoms with E-state index in [4.69, 9.17) is 4.74 Å². The topological polar surface area (TPSA) is 74.8 Å². The Bertz CT molecular complexity index is 1080. The number of benzene rings is 2. The van der Waals surface area contributed by atoms with Crippen molar-refractivity contribution in [1.29, 1.82) is 0 Å². The molecule has 0 radical (unpaired) electrons. The number of hydrogen-bond acceptors (Lipinski definition) is 6. The standard InChI is InChI=1S/C26H28N4O3/c1-2-33-26(32)21-12-13-24(27-18-21)30-16-14-29(15-17-30)19-25(31)28-23-11-7-6-10-22(23)20-8-4-3-5-9-20/h3-13,18H,2,14-17,19H2,1H3,(H,28,31). The van der Waals surface area contributed by atoms with E-state index >= 15 is 0 Å². The molecule has 0 aliphatic carbocycles. The van der Waals surface area contributed by atoms with Gasteiger partial charge in [-0.25, -0.2) is 9.78 Å². The number of hydrogen-bond donors (Lipinski definition) is 1. The highest BCUT2D eigenvalue weighted by Gasteiger charge is 2.21. The summed E-state index contributed by atoms with van der Waals surface area (Å²) in [4.78, 5) is 33.3. The van der Waals surface area contributed by atoms with Crippen LogP contribution in [0.2, 0.25) is 0 Å². The summed E-state index contributed by atoms with van der Waals surface area (Å²) in [6.07, 6.45) is 1.55. The zero-order valence-electron chi connectivity index (χ0n) is 18.7. The minimum Gasteiger partial charge on any atom is -0.462 e. The van der Waals surface area contributed by atoms with Crippen LogP contribution in [0.5, 0.6) is 0 Å². The third-order valence-corrected chi connectivity index (χ3v) is 5.61. The molecule has 0 atom stereocenters. The third-order valence-electron chi connectivity index (χ3n) is 5.61. The Labute approximate surface area is 194 Å². The first-order chi connectivity index (χ1) is 16.1. The molecule has 1 aliphatic heterocycles. The van der Waals surface area contributed by atoms with Crippen molar-refractivity contribution in [3.63, 3.8) is 0 Å². The number of ether oxygens (including phenoxy) is 1. The Kier molecular flexibility index (Phi) is 7.32. The molecule has 2 heterocycles. The molecule has 7 heteroatoms. The van der Waals surface area contributed by atoms with E-state index in [-0.39, 0.29) is 11.9 Å². The van der Waals surface area contributed by atoms with Crippen molar-refractivity contribution < 1.29 is 14.3 Å². The highest BCUT2D eigenvalue weighted by molar-refractivity contribution is 5.96. The number of amides is 1. The number of piperazine rings is 1. The summed E-state index contributed by atoms with van der Waals surface area (Å²) in [5.41, 5.74) is 3.35. The van der Waals surface area contributed by atoms with Gasteiger partial charge in [-0.05, 0) is 30.7 Å². The molecule has 7 nitrogen and oxygen atoms in total. The fourth-order valence-corrected chi connectivity index (χ4v) is 3.90. The maximum absolute atomic E-state index is 12.7.